The first-order valence-corrected chi connectivity index (χ1v) is 19.6. The lowest BCUT2D eigenvalue weighted by Gasteiger charge is -2.15. The molecule has 2 unspecified atom stereocenters. The smallest absolute Gasteiger partial charge is 0.165 e. The average molecular weight is 740 g/mol. The van der Waals surface area contributed by atoms with Crippen LogP contribution in [0.15, 0.2) is 180 Å². The van der Waals surface area contributed by atoms with E-state index in [1.165, 1.54) is 26.4 Å². The molecule has 11 rings (SSSR count). The van der Waals surface area contributed by atoms with Crippen LogP contribution in [0, 0.1) is 5.92 Å². The number of thiophene rings is 1. The average Bonchev–Trinajstić information content (AvgIpc) is 3.92. The summed E-state index contributed by atoms with van der Waals surface area (Å²) in [4.78, 5) is 15.6. The summed E-state index contributed by atoms with van der Waals surface area (Å²) in [6, 6.07) is 42.2. The lowest BCUT2D eigenvalue weighted by molar-refractivity contribution is 0.173. The van der Waals surface area contributed by atoms with Crippen molar-refractivity contribution >= 4 is 70.3 Å². The maximum absolute atomic E-state index is 6.52. The molecule has 9 aromatic rings. The molecule has 0 bridgehead atoms. The number of nitrogens with zero attached hydrogens (tertiary/aromatic N) is 3. The summed E-state index contributed by atoms with van der Waals surface area (Å²) in [5.74, 6) is 3.12. The van der Waals surface area contributed by atoms with Crippen LogP contribution in [0.1, 0.15) is 12.5 Å². The van der Waals surface area contributed by atoms with E-state index in [4.69, 9.17) is 24.1 Å². The molecule has 0 N–H and O–H groups in total. The molecule has 6 heteroatoms. The van der Waals surface area contributed by atoms with Gasteiger partial charge in [0, 0.05) is 53.6 Å². The molecule has 2 atom stereocenters. The van der Waals surface area contributed by atoms with Crippen molar-refractivity contribution in [2.24, 2.45) is 5.92 Å². The van der Waals surface area contributed by atoms with Gasteiger partial charge in [-0.3, -0.25) is 0 Å². The second-order valence-electron chi connectivity index (χ2n) is 14.3. The van der Waals surface area contributed by atoms with Crippen LogP contribution in [-0.4, -0.2) is 21.1 Å². The number of hydrogen-bond acceptors (Lipinski definition) is 6. The van der Waals surface area contributed by atoms with Crippen molar-refractivity contribution in [3.05, 3.63) is 181 Å². The molecule has 1 aliphatic heterocycles. The molecule has 0 fully saturated rings. The number of rotatable bonds is 6. The summed E-state index contributed by atoms with van der Waals surface area (Å²) in [5, 5.41) is 6.73. The van der Waals surface area contributed by atoms with E-state index >= 15 is 0 Å². The first-order valence-electron chi connectivity index (χ1n) is 18.8. The highest BCUT2D eigenvalue weighted by Gasteiger charge is 2.30. The number of hydrogen-bond donors (Lipinski definition) is 0. The minimum atomic E-state index is 0.0920. The number of fused-ring (bicyclic) bond motifs is 8. The Morgan fingerprint density at radius 1 is 0.607 bits per heavy atom. The predicted molar refractivity (Wildman–Crippen MR) is 231 cm³/mol. The van der Waals surface area contributed by atoms with Crippen molar-refractivity contribution in [2.45, 2.75) is 13.0 Å². The Labute approximate surface area is 327 Å². The maximum Gasteiger partial charge on any atom is 0.165 e. The minimum absolute atomic E-state index is 0.0920. The van der Waals surface area contributed by atoms with Gasteiger partial charge in [0.05, 0.1) is 0 Å². The lowest BCUT2D eigenvalue weighted by atomic mass is 9.92. The molecule has 6 aromatic carbocycles. The topological polar surface area (TPSA) is 61.0 Å². The van der Waals surface area contributed by atoms with Crippen molar-refractivity contribution in [1.29, 1.82) is 0 Å². The van der Waals surface area contributed by atoms with Crippen LogP contribution < -0.4 is 0 Å². The molecule has 266 valence electrons. The van der Waals surface area contributed by atoms with Gasteiger partial charge in [0.25, 0.3) is 0 Å². The van der Waals surface area contributed by atoms with Gasteiger partial charge in [-0.05, 0) is 77.4 Å². The third kappa shape index (κ3) is 5.49. The first-order chi connectivity index (χ1) is 27.6. The fourth-order valence-corrected chi connectivity index (χ4v) is 9.32. The Morgan fingerprint density at radius 3 is 2.30 bits per heavy atom. The van der Waals surface area contributed by atoms with Gasteiger partial charge in [0.15, 0.2) is 17.5 Å². The molecule has 0 saturated carbocycles. The zero-order valence-electron chi connectivity index (χ0n) is 30.4. The Kier molecular flexibility index (Phi) is 7.64. The van der Waals surface area contributed by atoms with E-state index in [0.717, 1.165) is 60.0 Å². The number of ether oxygens (including phenoxy) is 1. The van der Waals surface area contributed by atoms with Crippen LogP contribution >= 0.6 is 11.3 Å². The van der Waals surface area contributed by atoms with E-state index in [1.807, 2.05) is 30.4 Å². The summed E-state index contributed by atoms with van der Waals surface area (Å²) >= 11 is 1.77. The Morgan fingerprint density at radius 2 is 1.38 bits per heavy atom. The van der Waals surface area contributed by atoms with Crippen LogP contribution in [0.2, 0.25) is 0 Å². The number of aromatic nitrogens is 3. The predicted octanol–water partition coefficient (Wildman–Crippen LogP) is 13.3. The van der Waals surface area contributed by atoms with E-state index < -0.39 is 0 Å². The maximum atomic E-state index is 6.52. The highest BCUT2D eigenvalue weighted by atomic mass is 32.1. The third-order valence-electron chi connectivity index (χ3n) is 10.9. The van der Waals surface area contributed by atoms with Gasteiger partial charge in [0.1, 0.15) is 23.0 Å². The van der Waals surface area contributed by atoms with Gasteiger partial charge >= 0.3 is 0 Å². The monoisotopic (exact) mass is 739 g/mol. The van der Waals surface area contributed by atoms with Crippen molar-refractivity contribution in [3.63, 3.8) is 0 Å². The molecule has 5 nitrogen and oxygen atoms in total. The molecule has 2 aliphatic rings. The van der Waals surface area contributed by atoms with E-state index in [2.05, 4.69) is 146 Å². The normalized spacial score (nSPS) is 16.8. The fraction of sp³-hybridized carbons (Fsp3) is 0.0600. The Bertz CT molecular complexity index is 3210. The number of allylic oxidation sites excluding steroid dienone is 5. The zero-order valence-corrected chi connectivity index (χ0v) is 31.2. The second kappa shape index (κ2) is 13.1. The molecule has 0 amide bonds. The summed E-state index contributed by atoms with van der Waals surface area (Å²) in [5.41, 5.74) is 6.70. The molecule has 0 saturated heterocycles. The van der Waals surface area contributed by atoms with E-state index in [-0.39, 0.29) is 6.10 Å². The SMILES string of the molecule is CC1=C(/C=C\C=C\c2ccc3c(c2)oc2cccc(-c4nc(-c5ccc6ccccc6c5)nc(-c5cccc6c5sc5ccccc56)n4)c23)OC2C=CC=CC12. The molecule has 56 heavy (non-hydrogen) atoms. The zero-order chi connectivity index (χ0) is 37.2. The minimum Gasteiger partial charge on any atom is -0.485 e. The van der Waals surface area contributed by atoms with Gasteiger partial charge in [-0.15, -0.1) is 11.3 Å². The van der Waals surface area contributed by atoms with Crippen LogP contribution in [0.3, 0.4) is 0 Å². The highest BCUT2D eigenvalue weighted by Crippen LogP contribution is 2.41. The molecular formula is C50H33N3O2S. The second-order valence-corrected chi connectivity index (χ2v) is 15.4. The van der Waals surface area contributed by atoms with Gasteiger partial charge in [-0.2, -0.15) is 0 Å². The highest BCUT2D eigenvalue weighted by molar-refractivity contribution is 7.26. The van der Waals surface area contributed by atoms with Gasteiger partial charge in [-0.1, -0.05) is 121 Å². The largest absolute Gasteiger partial charge is 0.485 e. The van der Waals surface area contributed by atoms with Crippen molar-refractivity contribution < 1.29 is 9.15 Å². The summed E-state index contributed by atoms with van der Waals surface area (Å²) < 4.78 is 15.1. The number of benzene rings is 6. The van der Waals surface area contributed by atoms with E-state index in [1.54, 1.807) is 11.3 Å². The Hall–Kier alpha value is -6.89. The van der Waals surface area contributed by atoms with Gasteiger partial charge in [-0.25, -0.2) is 15.0 Å². The van der Waals surface area contributed by atoms with E-state index in [9.17, 15) is 0 Å². The molecule has 0 radical (unpaired) electrons. The third-order valence-corrected chi connectivity index (χ3v) is 12.2. The lowest BCUT2D eigenvalue weighted by Crippen LogP contribution is -2.14. The van der Waals surface area contributed by atoms with Gasteiger partial charge in [0.2, 0.25) is 0 Å². The fourth-order valence-electron chi connectivity index (χ4n) is 8.10. The Balaban J connectivity index is 1.02. The van der Waals surface area contributed by atoms with Crippen molar-refractivity contribution in [2.75, 3.05) is 0 Å². The quantitative estimate of drug-likeness (QED) is 0.159. The van der Waals surface area contributed by atoms with Crippen LogP contribution in [0.25, 0.3) is 93.1 Å². The standard InChI is InChI=1S/C50H33N3O2S/c1-30-35-15-5-8-21-42(35)54-41(30)20-7-2-12-31-24-27-38-44(28-31)55-43-22-11-18-39(46(38)43)49-51-48(34-26-25-32-13-3-4-14-33(32)29-34)52-50(53-49)40-19-10-17-37-36-16-6-9-23-45(36)56-47(37)40/h2-29,35,42H,1H3/b12-2+,20-7-. The van der Waals surface area contributed by atoms with Gasteiger partial charge < -0.3 is 9.15 Å². The molecule has 3 aromatic heterocycles. The van der Waals surface area contributed by atoms with E-state index in [0.29, 0.717) is 23.4 Å². The summed E-state index contributed by atoms with van der Waals surface area (Å²) in [7, 11) is 0. The molecule has 4 heterocycles. The van der Waals surface area contributed by atoms with Crippen LogP contribution in [0.4, 0.5) is 0 Å². The summed E-state index contributed by atoms with van der Waals surface area (Å²) in [6.45, 7) is 2.15. The van der Waals surface area contributed by atoms with Crippen molar-refractivity contribution in [1.82, 2.24) is 15.0 Å². The van der Waals surface area contributed by atoms with Crippen LogP contribution in [0.5, 0.6) is 0 Å². The van der Waals surface area contributed by atoms with Crippen LogP contribution in [-0.2, 0) is 4.74 Å². The summed E-state index contributed by atoms with van der Waals surface area (Å²) in [6.07, 6.45) is 16.8. The molecule has 0 spiro atoms. The molecule has 1 aliphatic carbocycles. The number of furan rings is 1. The first kappa shape index (κ1) is 32.5. The molecular weight excluding hydrogens is 707 g/mol. The van der Waals surface area contributed by atoms with Crippen molar-refractivity contribution in [3.8, 4) is 34.2 Å².